The maximum Gasteiger partial charge on any atom is 0.337 e. The molecule has 4 heteroatoms. The summed E-state index contributed by atoms with van der Waals surface area (Å²) in [6.45, 7) is 2.88. The highest BCUT2D eigenvalue weighted by atomic mass is 79.9. The highest BCUT2D eigenvalue weighted by Gasteiger charge is 2.06. The average molecular weight is 348 g/mol. The van der Waals surface area contributed by atoms with Gasteiger partial charge in [-0.25, -0.2) is 4.79 Å². The Morgan fingerprint density at radius 2 is 1.76 bits per heavy atom. The van der Waals surface area contributed by atoms with E-state index in [1.165, 1.54) is 12.7 Å². The van der Waals surface area contributed by atoms with E-state index in [1.807, 2.05) is 24.3 Å². The van der Waals surface area contributed by atoms with Gasteiger partial charge in [0.25, 0.3) is 0 Å². The molecule has 3 nitrogen and oxygen atoms in total. The molecule has 0 spiro atoms. The monoisotopic (exact) mass is 347 g/mol. The Labute approximate surface area is 133 Å². The largest absolute Gasteiger partial charge is 0.465 e. The first kappa shape index (κ1) is 15.7. The molecule has 2 aromatic carbocycles. The van der Waals surface area contributed by atoms with Crippen LogP contribution in [0.25, 0.3) is 0 Å². The van der Waals surface area contributed by atoms with Crippen molar-refractivity contribution in [2.75, 3.05) is 7.11 Å². The SMILES string of the molecule is COC(=O)c1ccc(CN[C@@H](C)c2ccc(Br)cc2)cc1. The van der Waals surface area contributed by atoms with Crippen molar-refractivity contribution in [3.63, 3.8) is 0 Å². The molecule has 2 rings (SSSR count). The molecule has 0 unspecified atom stereocenters. The van der Waals surface area contributed by atoms with Gasteiger partial charge >= 0.3 is 5.97 Å². The van der Waals surface area contributed by atoms with Crippen LogP contribution >= 0.6 is 15.9 Å². The summed E-state index contributed by atoms with van der Waals surface area (Å²) in [4.78, 5) is 11.4. The summed E-state index contributed by atoms with van der Waals surface area (Å²) in [6.07, 6.45) is 0. The lowest BCUT2D eigenvalue weighted by atomic mass is 10.1. The Balaban J connectivity index is 1.93. The smallest absolute Gasteiger partial charge is 0.337 e. The minimum Gasteiger partial charge on any atom is -0.465 e. The number of nitrogens with one attached hydrogen (secondary N) is 1. The standard InChI is InChI=1S/C17H18BrNO2/c1-12(14-7-9-16(18)10-8-14)19-11-13-3-5-15(6-4-13)17(20)21-2/h3-10,12,19H,11H2,1-2H3/t12-/m0/s1. The van der Waals surface area contributed by atoms with Gasteiger partial charge in [0.15, 0.2) is 0 Å². The van der Waals surface area contributed by atoms with Crippen molar-refractivity contribution < 1.29 is 9.53 Å². The van der Waals surface area contributed by atoms with Gasteiger partial charge in [-0.05, 0) is 42.3 Å². The molecule has 0 fully saturated rings. The van der Waals surface area contributed by atoms with E-state index in [9.17, 15) is 4.79 Å². The lowest BCUT2D eigenvalue weighted by Gasteiger charge is -2.14. The van der Waals surface area contributed by atoms with Gasteiger partial charge < -0.3 is 10.1 Å². The van der Waals surface area contributed by atoms with Crippen LogP contribution in [-0.4, -0.2) is 13.1 Å². The fraction of sp³-hybridized carbons (Fsp3) is 0.235. The van der Waals surface area contributed by atoms with Gasteiger partial charge in [-0.1, -0.05) is 40.2 Å². The minimum atomic E-state index is -0.308. The van der Waals surface area contributed by atoms with Gasteiger partial charge in [0.1, 0.15) is 0 Å². The average Bonchev–Trinajstić information content (AvgIpc) is 2.53. The Hall–Kier alpha value is -1.65. The zero-order valence-electron chi connectivity index (χ0n) is 12.1. The number of rotatable bonds is 5. The molecule has 0 radical (unpaired) electrons. The first-order valence-electron chi connectivity index (χ1n) is 6.76. The molecule has 21 heavy (non-hydrogen) atoms. The fourth-order valence-electron chi connectivity index (χ4n) is 2.02. The van der Waals surface area contributed by atoms with Gasteiger partial charge in [-0.15, -0.1) is 0 Å². The summed E-state index contributed by atoms with van der Waals surface area (Å²) in [7, 11) is 1.39. The predicted octanol–water partition coefficient (Wildman–Crippen LogP) is 4.09. The number of halogens is 1. The van der Waals surface area contributed by atoms with E-state index in [0.29, 0.717) is 5.56 Å². The number of methoxy groups -OCH3 is 1. The molecule has 110 valence electrons. The number of carbonyl (C=O) groups is 1. The molecule has 1 atom stereocenters. The summed E-state index contributed by atoms with van der Waals surface area (Å²) >= 11 is 3.44. The summed E-state index contributed by atoms with van der Waals surface area (Å²) in [5.74, 6) is -0.308. The van der Waals surface area contributed by atoms with Crippen LogP contribution in [-0.2, 0) is 11.3 Å². The van der Waals surface area contributed by atoms with Crippen molar-refractivity contribution in [1.82, 2.24) is 5.32 Å². The second-order valence-corrected chi connectivity index (χ2v) is 5.76. The quantitative estimate of drug-likeness (QED) is 0.828. The number of hydrogen-bond acceptors (Lipinski definition) is 3. The van der Waals surface area contributed by atoms with E-state index in [2.05, 4.69) is 45.0 Å². The molecule has 0 aliphatic heterocycles. The molecule has 0 aromatic heterocycles. The molecule has 0 amide bonds. The normalized spacial score (nSPS) is 12.0. The van der Waals surface area contributed by atoms with Crippen molar-refractivity contribution in [2.24, 2.45) is 0 Å². The predicted molar refractivity (Wildman–Crippen MR) is 87.2 cm³/mol. The van der Waals surface area contributed by atoms with E-state index in [1.54, 1.807) is 12.1 Å². The molecule has 0 heterocycles. The second kappa shape index (κ2) is 7.38. The zero-order chi connectivity index (χ0) is 15.2. The summed E-state index contributed by atoms with van der Waals surface area (Å²) < 4.78 is 5.76. The number of esters is 1. The van der Waals surface area contributed by atoms with Crippen LogP contribution in [0.2, 0.25) is 0 Å². The van der Waals surface area contributed by atoms with Crippen LogP contribution in [0.5, 0.6) is 0 Å². The molecule has 0 aliphatic carbocycles. The molecule has 0 saturated heterocycles. The molecule has 2 aromatic rings. The lowest BCUT2D eigenvalue weighted by Crippen LogP contribution is -2.18. The number of ether oxygens (including phenoxy) is 1. The third kappa shape index (κ3) is 4.41. The van der Waals surface area contributed by atoms with Crippen LogP contribution in [0.3, 0.4) is 0 Å². The van der Waals surface area contributed by atoms with E-state index < -0.39 is 0 Å². The summed E-state index contributed by atoms with van der Waals surface area (Å²) in [6, 6.07) is 16.0. The number of hydrogen-bond donors (Lipinski definition) is 1. The van der Waals surface area contributed by atoms with Gasteiger partial charge in [-0.3, -0.25) is 0 Å². The van der Waals surface area contributed by atoms with E-state index in [4.69, 9.17) is 0 Å². The minimum absolute atomic E-state index is 0.262. The van der Waals surface area contributed by atoms with Gasteiger partial charge in [0, 0.05) is 17.1 Å². The first-order chi connectivity index (χ1) is 10.1. The first-order valence-corrected chi connectivity index (χ1v) is 7.55. The molecule has 0 saturated carbocycles. The van der Waals surface area contributed by atoms with Crippen LogP contribution in [0.1, 0.15) is 34.5 Å². The Kier molecular flexibility index (Phi) is 5.53. The zero-order valence-corrected chi connectivity index (χ0v) is 13.7. The maximum absolute atomic E-state index is 11.4. The van der Waals surface area contributed by atoms with Crippen molar-refractivity contribution in [3.8, 4) is 0 Å². The van der Waals surface area contributed by atoms with E-state index in [0.717, 1.165) is 16.6 Å². The summed E-state index contributed by atoms with van der Waals surface area (Å²) in [5.41, 5.74) is 2.94. The van der Waals surface area contributed by atoms with Crippen molar-refractivity contribution >= 4 is 21.9 Å². The van der Waals surface area contributed by atoms with Crippen LogP contribution < -0.4 is 5.32 Å². The molecule has 1 N–H and O–H groups in total. The third-order valence-electron chi connectivity index (χ3n) is 3.36. The summed E-state index contributed by atoms with van der Waals surface area (Å²) in [5, 5.41) is 3.47. The second-order valence-electron chi connectivity index (χ2n) is 4.84. The van der Waals surface area contributed by atoms with Crippen LogP contribution in [0, 0.1) is 0 Å². The van der Waals surface area contributed by atoms with Crippen molar-refractivity contribution in [1.29, 1.82) is 0 Å². The van der Waals surface area contributed by atoms with Gasteiger partial charge in [0.2, 0.25) is 0 Å². The van der Waals surface area contributed by atoms with E-state index in [-0.39, 0.29) is 12.0 Å². The van der Waals surface area contributed by atoms with Crippen molar-refractivity contribution in [3.05, 3.63) is 69.7 Å². The highest BCUT2D eigenvalue weighted by Crippen LogP contribution is 2.17. The number of carbonyl (C=O) groups excluding carboxylic acids is 1. The Bertz CT molecular complexity index is 593. The van der Waals surface area contributed by atoms with Gasteiger partial charge in [0.05, 0.1) is 12.7 Å². The molecular formula is C17H18BrNO2. The fourth-order valence-corrected chi connectivity index (χ4v) is 2.28. The highest BCUT2D eigenvalue weighted by molar-refractivity contribution is 9.10. The van der Waals surface area contributed by atoms with Crippen molar-refractivity contribution in [2.45, 2.75) is 19.5 Å². The molecule has 0 aliphatic rings. The Morgan fingerprint density at radius 3 is 2.33 bits per heavy atom. The molecule has 0 bridgehead atoms. The molecular weight excluding hydrogens is 330 g/mol. The van der Waals surface area contributed by atoms with Gasteiger partial charge in [-0.2, -0.15) is 0 Å². The van der Waals surface area contributed by atoms with Crippen LogP contribution in [0.15, 0.2) is 53.0 Å². The number of benzene rings is 2. The maximum atomic E-state index is 11.4. The topological polar surface area (TPSA) is 38.3 Å². The van der Waals surface area contributed by atoms with Crippen LogP contribution in [0.4, 0.5) is 0 Å². The third-order valence-corrected chi connectivity index (χ3v) is 3.89. The Morgan fingerprint density at radius 1 is 1.14 bits per heavy atom. The van der Waals surface area contributed by atoms with E-state index >= 15 is 0 Å². The lowest BCUT2D eigenvalue weighted by molar-refractivity contribution is 0.0600.